The first kappa shape index (κ1) is 16.2. The van der Waals surface area contributed by atoms with E-state index in [-0.39, 0.29) is 48.3 Å². The van der Waals surface area contributed by atoms with Crippen molar-refractivity contribution in [2.75, 3.05) is 25.1 Å². The standard InChI is InChI=1S/C13H13N5O5/c1-23-13(20)10-5-9(18(21)22)2-3-11(10)17-7-8(4-12(17)19)6-15-16-14/h2-3,5,8H,4,6-7H2,1H3. The third kappa shape index (κ3) is 3.38. The second kappa shape index (κ2) is 6.75. The third-order valence-corrected chi connectivity index (χ3v) is 3.50. The number of anilines is 1. The van der Waals surface area contributed by atoms with Crippen LogP contribution in [0.2, 0.25) is 0 Å². The molecule has 0 N–H and O–H groups in total. The van der Waals surface area contributed by atoms with Crippen molar-refractivity contribution in [1.29, 1.82) is 0 Å². The molecule has 1 fully saturated rings. The number of rotatable bonds is 5. The maximum atomic E-state index is 12.1. The smallest absolute Gasteiger partial charge is 0.340 e. The van der Waals surface area contributed by atoms with Crippen molar-refractivity contribution in [1.82, 2.24) is 0 Å². The Balaban J connectivity index is 2.38. The number of carbonyl (C=O) groups is 2. The van der Waals surface area contributed by atoms with Crippen LogP contribution >= 0.6 is 0 Å². The second-order valence-corrected chi connectivity index (χ2v) is 4.94. The summed E-state index contributed by atoms with van der Waals surface area (Å²) in [5.74, 6) is -1.18. The highest BCUT2D eigenvalue weighted by molar-refractivity contribution is 6.04. The Morgan fingerprint density at radius 1 is 1.61 bits per heavy atom. The monoisotopic (exact) mass is 319 g/mol. The lowest BCUT2D eigenvalue weighted by atomic mass is 10.1. The predicted molar refractivity (Wildman–Crippen MR) is 78.9 cm³/mol. The van der Waals surface area contributed by atoms with Crippen molar-refractivity contribution in [2.24, 2.45) is 11.0 Å². The molecule has 0 radical (unpaired) electrons. The quantitative estimate of drug-likeness (QED) is 0.204. The second-order valence-electron chi connectivity index (χ2n) is 4.94. The molecule has 2 rings (SSSR count). The Labute approximate surface area is 130 Å². The summed E-state index contributed by atoms with van der Waals surface area (Å²) in [4.78, 5) is 38.3. The minimum absolute atomic E-state index is 0.0560. The lowest BCUT2D eigenvalue weighted by Gasteiger charge is -2.19. The maximum Gasteiger partial charge on any atom is 0.340 e. The van der Waals surface area contributed by atoms with Crippen LogP contribution in [0.25, 0.3) is 10.4 Å². The van der Waals surface area contributed by atoms with Gasteiger partial charge in [0.05, 0.1) is 23.3 Å². The van der Waals surface area contributed by atoms with Gasteiger partial charge in [-0.15, -0.1) is 0 Å². The lowest BCUT2D eigenvalue weighted by Crippen LogP contribution is -2.27. The van der Waals surface area contributed by atoms with E-state index in [9.17, 15) is 19.7 Å². The minimum atomic E-state index is -0.769. The molecule has 23 heavy (non-hydrogen) atoms. The number of carbonyl (C=O) groups excluding carboxylic acids is 2. The molecule has 0 aromatic heterocycles. The number of amides is 1. The number of methoxy groups -OCH3 is 1. The van der Waals surface area contributed by atoms with E-state index in [0.717, 1.165) is 13.2 Å². The average Bonchev–Trinajstić information content (AvgIpc) is 2.92. The van der Waals surface area contributed by atoms with Gasteiger partial charge in [-0.3, -0.25) is 14.9 Å². The fourth-order valence-corrected chi connectivity index (χ4v) is 2.44. The summed E-state index contributed by atoms with van der Waals surface area (Å²) in [6, 6.07) is 3.64. The van der Waals surface area contributed by atoms with Crippen molar-refractivity contribution in [2.45, 2.75) is 6.42 Å². The van der Waals surface area contributed by atoms with Crippen molar-refractivity contribution < 1.29 is 19.2 Å². The van der Waals surface area contributed by atoms with E-state index >= 15 is 0 Å². The fourth-order valence-electron chi connectivity index (χ4n) is 2.44. The summed E-state index contributed by atoms with van der Waals surface area (Å²) in [5.41, 5.74) is 8.26. The van der Waals surface area contributed by atoms with Crippen LogP contribution < -0.4 is 4.90 Å². The zero-order valence-corrected chi connectivity index (χ0v) is 12.2. The van der Waals surface area contributed by atoms with E-state index in [1.54, 1.807) is 0 Å². The molecule has 1 heterocycles. The van der Waals surface area contributed by atoms with Crippen LogP contribution in [0.4, 0.5) is 11.4 Å². The summed E-state index contributed by atoms with van der Waals surface area (Å²) in [6.07, 6.45) is 0.177. The van der Waals surface area contributed by atoms with Gasteiger partial charge in [-0.2, -0.15) is 0 Å². The number of nitrogens with zero attached hydrogens (tertiary/aromatic N) is 5. The number of hydrogen-bond acceptors (Lipinski definition) is 6. The molecule has 0 aliphatic carbocycles. The van der Waals surface area contributed by atoms with Gasteiger partial charge >= 0.3 is 5.97 Å². The molecule has 10 nitrogen and oxygen atoms in total. The molecular formula is C13H13N5O5. The molecule has 1 saturated heterocycles. The van der Waals surface area contributed by atoms with Crippen LogP contribution in [0.5, 0.6) is 0 Å². The van der Waals surface area contributed by atoms with Crippen LogP contribution in [0, 0.1) is 16.0 Å². The Kier molecular flexibility index (Phi) is 4.77. The van der Waals surface area contributed by atoms with E-state index in [4.69, 9.17) is 5.53 Å². The van der Waals surface area contributed by atoms with Gasteiger partial charge in [0.1, 0.15) is 0 Å². The summed E-state index contributed by atoms with van der Waals surface area (Å²) >= 11 is 0. The number of nitro benzene ring substituents is 1. The van der Waals surface area contributed by atoms with Crippen LogP contribution in [-0.2, 0) is 9.53 Å². The van der Waals surface area contributed by atoms with Crippen molar-refractivity contribution in [3.63, 3.8) is 0 Å². The van der Waals surface area contributed by atoms with Crippen molar-refractivity contribution in [3.05, 3.63) is 44.3 Å². The van der Waals surface area contributed by atoms with Gasteiger partial charge in [0.15, 0.2) is 0 Å². The molecule has 1 atom stereocenters. The Morgan fingerprint density at radius 3 is 2.96 bits per heavy atom. The van der Waals surface area contributed by atoms with Gasteiger partial charge in [0, 0.05) is 36.6 Å². The lowest BCUT2D eigenvalue weighted by molar-refractivity contribution is -0.384. The zero-order valence-electron chi connectivity index (χ0n) is 12.2. The highest BCUT2D eigenvalue weighted by atomic mass is 16.6. The number of azide groups is 1. The van der Waals surface area contributed by atoms with Crippen LogP contribution in [0.1, 0.15) is 16.8 Å². The Bertz CT molecular complexity index is 713. The number of hydrogen-bond donors (Lipinski definition) is 0. The van der Waals surface area contributed by atoms with Gasteiger partial charge in [-0.1, -0.05) is 5.11 Å². The number of nitro groups is 1. The molecule has 1 unspecified atom stereocenters. The minimum Gasteiger partial charge on any atom is -0.465 e. The third-order valence-electron chi connectivity index (χ3n) is 3.50. The molecule has 0 bridgehead atoms. The summed E-state index contributed by atoms with van der Waals surface area (Å²) < 4.78 is 4.63. The number of esters is 1. The average molecular weight is 319 g/mol. The molecular weight excluding hydrogens is 306 g/mol. The number of benzene rings is 1. The zero-order chi connectivity index (χ0) is 17.0. The van der Waals surface area contributed by atoms with Gasteiger partial charge < -0.3 is 9.64 Å². The van der Waals surface area contributed by atoms with Gasteiger partial charge in [0.25, 0.3) is 5.69 Å². The van der Waals surface area contributed by atoms with E-state index in [1.807, 2.05) is 0 Å². The summed E-state index contributed by atoms with van der Waals surface area (Å²) in [7, 11) is 1.15. The molecule has 1 amide bonds. The van der Waals surface area contributed by atoms with Gasteiger partial charge in [-0.05, 0) is 17.5 Å². The van der Waals surface area contributed by atoms with Crippen LogP contribution in [0.3, 0.4) is 0 Å². The molecule has 1 aromatic rings. The Hall–Kier alpha value is -3.13. The molecule has 0 saturated carbocycles. The first-order valence-electron chi connectivity index (χ1n) is 6.66. The first-order valence-corrected chi connectivity index (χ1v) is 6.66. The highest BCUT2D eigenvalue weighted by Crippen LogP contribution is 2.31. The Morgan fingerprint density at radius 2 is 2.35 bits per heavy atom. The SMILES string of the molecule is COC(=O)c1cc([N+](=O)[O-])ccc1N1CC(CN=[N+]=[N-])CC1=O. The molecule has 10 heteroatoms. The van der Waals surface area contributed by atoms with Gasteiger partial charge in [0.2, 0.25) is 5.91 Å². The molecule has 1 aromatic carbocycles. The number of ether oxygens (including phenoxy) is 1. The van der Waals surface area contributed by atoms with Gasteiger partial charge in [-0.25, -0.2) is 4.79 Å². The maximum absolute atomic E-state index is 12.1. The van der Waals surface area contributed by atoms with E-state index in [0.29, 0.717) is 0 Å². The van der Waals surface area contributed by atoms with Crippen molar-refractivity contribution in [3.8, 4) is 0 Å². The summed E-state index contributed by atoms with van der Waals surface area (Å²) in [6.45, 7) is 0.430. The van der Waals surface area contributed by atoms with E-state index in [2.05, 4.69) is 14.8 Å². The molecule has 0 spiro atoms. The van der Waals surface area contributed by atoms with Crippen LogP contribution in [-0.4, -0.2) is 37.0 Å². The fraction of sp³-hybridized carbons (Fsp3) is 0.385. The summed E-state index contributed by atoms with van der Waals surface area (Å²) in [5, 5.41) is 14.3. The van der Waals surface area contributed by atoms with E-state index < -0.39 is 10.9 Å². The number of non-ortho nitro benzene ring substituents is 1. The molecule has 1 aliphatic rings. The topological polar surface area (TPSA) is 139 Å². The molecule has 120 valence electrons. The van der Waals surface area contributed by atoms with E-state index in [1.165, 1.54) is 17.0 Å². The predicted octanol–water partition coefficient (Wildman–Crippen LogP) is 2.04. The normalized spacial score (nSPS) is 16.8. The van der Waals surface area contributed by atoms with Crippen LogP contribution in [0.15, 0.2) is 23.3 Å². The highest BCUT2D eigenvalue weighted by Gasteiger charge is 2.33. The molecule has 1 aliphatic heterocycles. The van der Waals surface area contributed by atoms with Crippen molar-refractivity contribution >= 4 is 23.3 Å². The first-order chi connectivity index (χ1) is 11.0. The largest absolute Gasteiger partial charge is 0.465 e.